The highest BCUT2D eigenvalue weighted by Gasteiger charge is 2.27. The maximum atomic E-state index is 13.5. The van der Waals surface area contributed by atoms with Crippen LogP contribution >= 0.6 is 0 Å². The van der Waals surface area contributed by atoms with E-state index in [9.17, 15) is 14.0 Å². The number of morpholine rings is 1. The third-order valence-electron chi connectivity index (χ3n) is 6.00. The van der Waals surface area contributed by atoms with Gasteiger partial charge in [0.1, 0.15) is 5.82 Å². The molecule has 5 nitrogen and oxygen atoms in total. The van der Waals surface area contributed by atoms with Crippen LogP contribution in [-0.4, -0.2) is 61.0 Å². The van der Waals surface area contributed by atoms with Gasteiger partial charge in [0.2, 0.25) is 0 Å². The molecule has 0 radical (unpaired) electrons. The molecular formula is C24H27FN2O3. The Morgan fingerprint density at radius 1 is 0.967 bits per heavy atom. The van der Waals surface area contributed by atoms with Crippen molar-refractivity contribution in [3.8, 4) is 0 Å². The van der Waals surface area contributed by atoms with Crippen molar-refractivity contribution in [2.24, 2.45) is 5.92 Å². The van der Waals surface area contributed by atoms with Gasteiger partial charge in [0.25, 0.3) is 11.8 Å². The van der Waals surface area contributed by atoms with E-state index in [1.807, 2.05) is 17.0 Å². The van der Waals surface area contributed by atoms with Gasteiger partial charge in [-0.15, -0.1) is 0 Å². The quantitative estimate of drug-likeness (QED) is 0.777. The summed E-state index contributed by atoms with van der Waals surface area (Å²) >= 11 is 0. The van der Waals surface area contributed by atoms with E-state index in [1.165, 1.54) is 6.07 Å². The Hall–Kier alpha value is -2.73. The number of amides is 2. The lowest BCUT2D eigenvalue weighted by Gasteiger charge is -2.27. The van der Waals surface area contributed by atoms with Crippen LogP contribution in [0.1, 0.15) is 38.3 Å². The van der Waals surface area contributed by atoms with Gasteiger partial charge in [-0.3, -0.25) is 9.59 Å². The van der Waals surface area contributed by atoms with Crippen molar-refractivity contribution in [1.82, 2.24) is 9.80 Å². The summed E-state index contributed by atoms with van der Waals surface area (Å²) in [6.45, 7) is 5.52. The van der Waals surface area contributed by atoms with Crippen molar-refractivity contribution in [2.45, 2.75) is 19.8 Å². The molecule has 2 saturated heterocycles. The molecule has 6 heteroatoms. The van der Waals surface area contributed by atoms with E-state index < -0.39 is 0 Å². The van der Waals surface area contributed by atoms with Crippen molar-refractivity contribution in [1.29, 1.82) is 0 Å². The molecule has 2 heterocycles. The molecule has 0 saturated carbocycles. The lowest BCUT2D eigenvalue weighted by atomic mass is 9.97. The van der Waals surface area contributed by atoms with Gasteiger partial charge in [0.05, 0.1) is 13.2 Å². The molecule has 0 bridgehead atoms. The van der Waals surface area contributed by atoms with Crippen molar-refractivity contribution < 1.29 is 18.7 Å². The normalized spacial score (nSPS) is 19.2. The first kappa shape index (κ1) is 20.5. The average molecular weight is 410 g/mol. The average Bonchev–Trinajstić information content (AvgIpc) is 3.24. The van der Waals surface area contributed by atoms with Gasteiger partial charge in [0.15, 0.2) is 0 Å². The summed E-state index contributed by atoms with van der Waals surface area (Å²) < 4.78 is 18.8. The summed E-state index contributed by atoms with van der Waals surface area (Å²) in [6.07, 6.45) is 1.79. The second-order valence-corrected chi connectivity index (χ2v) is 8.18. The fourth-order valence-electron chi connectivity index (χ4n) is 4.24. The fraction of sp³-hybridized carbons (Fsp3) is 0.417. The van der Waals surface area contributed by atoms with Crippen molar-refractivity contribution in [3.63, 3.8) is 0 Å². The minimum atomic E-state index is -0.183. The van der Waals surface area contributed by atoms with Crippen LogP contribution in [0.2, 0.25) is 0 Å². The maximum Gasteiger partial charge on any atom is 0.254 e. The number of ether oxygens (including phenoxy) is 1. The zero-order valence-corrected chi connectivity index (χ0v) is 17.3. The number of hydrogen-bond donors (Lipinski definition) is 0. The number of benzene rings is 2. The fourth-order valence-corrected chi connectivity index (χ4v) is 4.24. The topological polar surface area (TPSA) is 49.9 Å². The SMILES string of the molecule is Cc1cc(CC2CCN(C(=O)c3ccc(C(=O)N4CCOCC4)cc3)C2)ccc1F. The van der Waals surface area contributed by atoms with E-state index in [1.54, 1.807) is 36.1 Å². The van der Waals surface area contributed by atoms with E-state index >= 15 is 0 Å². The molecule has 2 aromatic rings. The van der Waals surface area contributed by atoms with Gasteiger partial charge >= 0.3 is 0 Å². The monoisotopic (exact) mass is 410 g/mol. The Balaban J connectivity index is 1.35. The van der Waals surface area contributed by atoms with Crippen LogP contribution < -0.4 is 0 Å². The lowest BCUT2D eigenvalue weighted by molar-refractivity contribution is 0.0303. The Bertz CT molecular complexity index is 923. The summed E-state index contributed by atoms with van der Waals surface area (Å²) in [6, 6.07) is 12.2. The minimum absolute atomic E-state index is 0.00171. The first-order valence-electron chi connectivity index (χ1n) is 10.5. The summed E-state index contributed by atoms with van der Waals surface area (Å²) in [5.41, 5.74) is 2.97. The standard InChI is InChI=1S/C24H27FN2O3/c1-17-14-18(2-7-22(17)25)15-19-8-9-27(16-19)24(29)21-5-3-20(4-6-21)23(28)26-10-12-30-13-11-26/h2-7,14,19H,8-13,15-16H2,1H3. The molecular weight excluding hydrogens is 383 g/mol. The van der Waals surface area contributed by atoms with Crippen LogP contribution in [-0.2, 0) is 11.2 Å². The van der Waals surface area contributed by atoms with Crippen LogP contribution in [0.5, 0.6) is 0 Å². The minimum Gasteiger partial charge on any atom is -0.378 e. The number of halogens is 1. The summed E-state index contributed by atoms with van der Waals surface area (Å²) in [4.78, 5) is 29.1. The third-order valence-corrected chi connectivity index (χ3v) is 6.00. The molecule has 2 aliphatic rings. The first-order valence-corrected chi connectivity index (χ1v) is 10.5. The highest BCUT2D eigenvalue weighted by Crippen LogP contribution is 2.24. The highest BCUT2D eigenvalue weighted by molar-refractivity contribution is 5.98. The molecule has 0 spiro atoms. The molecule has 158 valence electrons. The number of carbonyl (C=O) groups excluding carboxylic acids is 2. The lowest BCUT2D eigenvalue weighted by Crippen LogP contribution is -2.40. The number of rotatable bonds is 4. The van der Waals surface area contributed by atoms with E-state index in [4.69, 9.17) is 4.74 Å². The van der Waals surface area contributed by atoms with Crippen LogP contribution in [0.15, 0.2) is 42.5 Å². The van der Waals surface area contributed by atoms with Crippen molar-refractivity contribution in [3.05, 3.63) is 70.5 Å². The summed E-state index contributed by atoms with van der Waals surface area (Å²) in [5.74, 6) is 0.171. The summed E-state index contributed by atoms with van der Waals surface area (Å²) in [7, 11) is 0. The van der Waals surface area contributed by atoms with Gasteiger partial charge in [-0.25, -0.2) is 4.39 Å². The van der Waals surface area contributed by atoms with Crippen LogP contribution in [0, 0.1) is 18.7 Å². The predicted octanol–water partition coefficient (Wildman–Crippen LogP) is 3.31. The largest absolute Gasteiger partial charge is 0.378 e. The van der Waals surface area contributed by atoms with Crippen molar-refractivity contribution >= 4 is 11.8 Å². The zero-order chi connectivity index (χ0) is 21.1. The Morgan fingerprint density at radius 2 is 1.60 bits per heavy atom. The molecule has 0 aliphatic carbocycles. The van der Waals surface area contributed by atoms with Gasteiger partial charge in [-0.05, 0) is 67.1 Å². The van der Waals surface area contributed by atoms with Crippen molar-refractivity contribution in [2.75, 3.05) is 39.4 Å². The van der Waals surface area contributed by atoms with Gasteiger partial charge in [-0.2, -0.15) is 0 Å². The maximum absolute atomic E-state index is 13.5. The summed E-state index contributed by atoms with van der Waals surface area (Å²) in [5, 5.41) is 0. The molecule has 30 heavy (non-hydrogen) atoms. The van der Waals surface area contributed by atoms with Crippen LogP contribution in [0.25, 0.3) is 0 Å². The number of carbonyl (C=O) groups is 2. The predicted molar refractivity (Wildman–Crippen MR) is 112 cm³/mol. The Morgan fingerprint density at radius 3 is 2.23 bits per heavy atom. The van der Waals surface area contributed by atoms with Crippen LogP contribution in [0.3, 0.4) is 0 Å². The number of hydrogen-bond acceptors (Lipinski definition) is 3. The first-order chi connectivity index (χ1) is 14.5. The number of nitrogens with zero attached hydrogens (tertiary/aromatic N) is 2. The molecule has 0 aromatic heterocycles. The van der Waals surface area contributed by atoms with E-state index in [0.29, 0.717) is 55.5 Å². The molecule has 1 unspecified atom stereocenters. The molecule has 1 atom stereocenters. The third kappa shape index (κ3) is 4.54. The smallest absolute Gasteiger partial charge is 0.254 e. The molecule has 2 fully saturated rings. The molecule has 2 aliphatic heterocycles. The van der Waals surface area contributed by atoms with E-state index in [0.717, 1.165) is 24.9 Å². The highest BCUT2D eigenvalue weighted by atomic mass is 19.1. The molecule has 4 rings (SSSR count). The van der Waals surface area contributed by atoms with E-state index in [2.05, 4.69) is 0 Å². The number of likely N-dealkylation sites (tertiary alicyclic amines) is 1. The van der Waals surface area contributed by atoms with E-state index in [-0.39, 0.29) is 17.6 Å². The molecule has 2 aromatic carbocycles. The van der Waals surface area contributed by atoms with Gasteiger partial charge < -0.3 is 14.5 Å². The van der Waals surface area contributed by atoms with Gasteiger partial charge in [0, 0.05) is 37.3 Å². The zero-order valence-electron chi connectivity index (χ0n) is 17.3. The number of aryl methyl sites for hydroxylation is 1. The van der Waals surface area contributed by atoms with Gasteiger partial charge in [-0.1, -0.05) is 12.1 Å². The Labute approximate surface area is 176 Å². The second-order valence-electron chi connectivity index (χ2n) is 8.18. The molecule has 2 amide bonds. The van der Waals surface area contributed by atoms with Crippen LogP contribution in [0.4, 0.5) is 4.39 Å². The second kappa shape index (κ2) is 8.96. The molecule has 0 N–H and O–H groups in total. The Kier molecular flexibility index (Phi) is 6.13.